The van der Waals surface area contributed by atoms with Crippen molar-refractivity contribution in [1.82, 2.24) is 0 Å². The van der Waals surface area contributed by atoms with Crippen molar-refractivity contribution in [2.24, 2.45) is 0 Å². The molecule has 0 spiro atoms. The summed E-state index contributed by atoms with van der Waals surface area (Å²) < 4.78 is 0. The Morgan fingerprint density at radius 3 is 1.22 bits per heavy atom. The fourth-order valence-electron chi connectivity index (χ4n) is 1.67. The van der Waals surface area contributed by atoms with Gasteiger partial charge in [0.05, 0.1) is 0 Å². The first-order chi connectivity index (χ1) is 10.8. The Labute approximate surface area is 142 Å². The molecule has 0 saturated carbocycles. The highest BCUT2D eigenvalue weighted by Gasteiger charge is 2.15. The van der Waals surface area contributed by atoms with E-state index in [1.54, 1.807) is 13.0 Å². The molecule has 1 aromatic carbocycles. The lowest BCUT2D eigenvalue weighted by Crippen LogP contribution is -2.08. The van der Waals surface area contributed by atoms with Gasteiger partial charge in [0, 0.05) is 16.7 Å². The van der Waals surface area contributed by atoms with Gasteiger partial charge < -0.3 is 0 Å². The first-order valence-corrected chi connectivity index (χ1v) is 8.43. The molecular weight excluding hydrogens is 288 g/mol. The molecule has 0 aromatic heterocycles. The molecule has 0 heterocycles. The summed E-state index contributed by atoms with van der Waals surface area (Å²) in [5.41, 5.74) is 1.93. The van der Waals surface area contributed by atoms with E-state index in [-0.39, 0.29) is 17.3 Å². The summed E-state index contributed by atoms with van der Waals surface area (Å²) >= 11 is 0. The summed E-state index contributed by atoms with van der Waals surface area (Å²) in [5, 5.41) is 0. The van der Waals surface area contributed by atoms with E-state index < -0.39 is 0 Å². The molecule has 0 saturated heterocycles. The zero-order valence-electron chi connectivity index (χ0n) is 16.6. The second-order valence-corrected chi connectivity index (χ2v) is 4.59. The van der Waals surface area contributed by atoms with Crippen molar-refractivity contribution in [3.05, 3.63) is 34.4 Å². The molecule has 0 radical (unpaired) electrons. The third-order valence-corrected chi connectivity index (χ3v) is 2.50. The first-order valence-electron chi connectivity index (χ1n) is 8.43. The van der Waals surface area contributed by atoms with E-state index in [0.29, 0.717) is 16.7 Å². The van der Waals surface area contributed by atoms with Crippen molar-refractivity contribution in [3.8, 4) is 0 Å². The van der Waals surface area contributed by atoms with Crippen molar-refractivity contribution in [3.63, 3.8) is 0 Å². The molecule has 3 heteroatoms. The van der Waals surface area contributed by atoms with Crippen LogP contribution in [0.25, 0.3) is 0 Å². The van der Waals surface area contributed by atoms with Crippen LogP contribution in [0.1, 0.15) is 105 Å². The van der Waals surface area contributed by atoms with E-state index in [9.17, 15) is 14.4 Å². The number of carbonyl (C=O) groups is 3. The third-order valence-electron chi connectivity index (χ3n) is 2.50. The van der Waals surface area contributed by atoms with E-state index in [1.807, 2.05) is 27.7 Å². The highest BCUT2D eigenvalue weighted by Crippen LogP contribution is 2.18. The lowest BCUT2D eigenvalue weighted by atomic mass is 9.93. The highest BCUT2D eigenvalue weighted by molar-refractivity contribution is 6.09. The van der Waals surface area contributed by atoms with Crippen LogP contribution in [0, 0.1) is 6.92 Å². The largest absolute Gasteiger partial charge is 0.295 e. The Hall–Kier alpha value is -1.77. The third kappa shape index (κ3) is 9.77. The summed E-state index contributed by atoms with van der Waals surface area (Å²) in [6.07, 6.45) is 1.25. The van der Waals surface area contributed by atoms with Crippen LogP contribution in [0.4, 0.5) is 0 Å². The SMILES string of the molecule is CC.CC.CC(=O)c1cc(C(C)=O)c(C(C)=O)cc1C.CCC. The minimum absolute atomic E-state index is 0.102. The van der Waals surface area contributed by atoms with Crippen molar-refractivity contribution >= 4 is 17.3 Å². The molecule has 0 fully saturated rings. The highest BCUT2D eigenvalue weighted by atomic mass is 16.1. The van der Waals surface area contributed by atoms with Gasteiger partial charge in [-0.15, -0.1) is 0 Å². The average Bonchev–Trinajstić information content (AvgIpc) is 2.51. The smallest absolute Gasteiger partial charge is 0.160 e. The second-order valence-electron chi connectivity index (χ2n) is 4.59. The fourth-order valence-corrected chi connectivity index (χ4v) is 1.67. The van der Waals surface area contributed by atoms with Crippen LogP contribution in [-0.4, -0.2) is 17.3 Å². The molecule has 0 aliphatic carbocycles. The predicted octanol–water partition coefficient (Wildman–Crippen LogP) is 6.07. The molecule has 0 unspecified atom stereocenters. The molecule has 1 rings (SSSR count). The Kier molecular flexibility index (Phi) is 17.2. The molecule has 1 aromatic rings. The van der Waals surface area contributed by atoms with Crippen LogP contribution < -0.4 is 0 Å². The van der Waals surface area contributed by atoms with Gasteiger partial charge in [-0.3, -0.25) is 14.4 Å². The Morgan fingerprint density at radius 2 is 0.957 bits per heavy atom. The normalized spacial score (nSPS) is 8.26. The molecular formula is C20H34O3. The average molecular weight is 322 g/mol. The summed E-state index contributed by atoms with van der Waals surface area (Å²) in [4.78, 5) is 34.1. The van der Waals surface area contributed by atoms with Gasteiger partial charge in [0.2, 0.25) is 0 Å². The number of rotatable bonds is 3. The number of hydrogen-bond donors (Lipinski definition) is 0. The van der Waals surface area contributed by atoms with Crippen molar-refractivity contribution in [1.29, 1.82) is 0 Å². The van der Waals surface area contributed by atoms with Crippen LogP contribution >= 0.6 is 0 Å². The summed E-state index contributed by atoms with van der Waals surface area (Å²) in [6, 6.07) is 3.12. The molecule has 3 nitrogen and oxygen atoms in total. The van der Waals surface area contributed by atoms with E-state index in [1.165, 1.54) is 33.3 Å². The minimum Gasteiger partial charge on any atom is -0.295 e. The van der Waals surface area contributed by atoms with Gasteiger partial charge in [0.25, 0.3) is 0 Å². The Bertz CT molecular complexity index is 500. The van der Waals surface area contributed by atoms with Crippen LogP contribution in [0.5, 0.6) is 0 Å². The summed E-state index contributed by atoms with van der Waals surface area (Å²) in [5.74, 6) is -0.466. The fraction of sp³-hybridized carbons (Fsp3) is 0.550. The maximum absolute atomic E-state index is 11.4. The second kappa shape index (κ2) is 15.1. The van der Waals surface area contributed by atoms with Gasteiger partial charge in [-0.1, -0.05) is 48.0 Å². The first kappa shape index (κ1) is 26.1. The summed E-state index contributed by atoms with van der Waals surface area (Å²) in [7, 11) is 0. The van der Waals surface area contributed by atoms with Crippen LogP contribution in [0.15, 0.2) is 12.1 Å². The monoisotopic (exact) mass is 322 g/mol. The van der Waals surface area contributed by atoms with Gasteiger partial charge in [-0.25, -0.2) is 0 Å². The number of benzene rings is 1. The molecule has 0 bridgehead atoms. The van der Waals surface area contributed by atoms with E-state index in [2.05, 4.69) is 13.8 Å². The molecule has 132 valence electrons. The van der Waals surface area contributed by atoms with E-state index in [0.717, 1.165) is 5.56 Å². The van der Waals surface area contributed by atoms with Crippen molar-refractivity contribution in [2.75, 3.05) is 0 Å². The lowest BCUT2D eigenvalue weighted by Gasteiger charge is -2.09. The number of hydrogen-bond acceptors (Lipinski definition) is 3. The maximum Gasteiger partial charge on any atom is 0.160 e. The van der Waals surface area contributed by atoms with Crippen LogP contribution in [0.3, 0.4) is 0 Å². The molecule has 0 aliphatic heterocycles. The Balaban J connectivity index is -0.000000496. The zero-order valence-corrected chi connectivity index (χ0v) is 16.6. The quantitative estimate of drug-likeness (QED) is 0.634. The van der Waals surface area contributed by atoms with Crippen LogP contribution in [-0.2, 0) is 0 Å². The number of aryl methyl sites for hydroxylation is 1. The molecule has 0 amide bonds. The Morgan fingerprint density at radius 1 is 0.696 bits per heavy atom. The van der Waals surface area contributed by atoms with Gasteiger partial charge in [0.1, 0.15) is 0 Å². The minimum atomic E-state index is -0.201. The number of Topliss-reactive ketones (excluding diaryl/α,β-unsaturated/α-hetero) is 3. The topological polar surface area (TPSA) is 51.2 Å². The number of ketones is 3. The predicted molar refractivity (Wildman–Crippen MR) is 99.9 cm³/mol. The number of carbonyl (C=O) groups excluding carboxylic acids is 3. The van der Waals surface area contributed by atoms with Gasteiger partial charge in [-0.05, 0) is 45.4 Å². The lowest BCUT2D eigenvalue weighted by molar-refractivity contribution is 0.0979. The summed E-state index contributed by atoms with van der Waals surface area (Å²) in [6.45, 7) is 18.3. The molecule has 0 aliphatic rings. The van der Waals surface area contributed by atoms with Crippen LogP contribution in [0.2, 0.25) is 0 Å². The van der Waals surface area contributed by atoms with Gasteiger partial charge >= 0.3 is 0 Å². The van der Waals surface area contributed by atoms with Gasteiger partial charge in [-0.2, -0.15) is 0 Å². The molecule has 0 N–H and O–H groups in total. The maximum atomic E-state index is 11.4. The van der Waals surface area contributed by atoms with E-state index >= 15 is 0 Å². The standard InChI is InChI=1S/C13H14O3.C3H8.2C2H6/c1-7-5-12(9(3)15)13(10(4)16)6-11(7)8(2)14;1-3-2;2*1-2/h5-6H,1-4H3;3H2,1-2H3;2*1-2H3. The molecule has 23 heavy (non-hydrogen) atoms. The zero-order chi connectivity index (χ0) is 19.2. The van der Waals surface area contributed by atoms with E-state index in [4.69, 9.17) is 0 Å². The van der Waals surface area contributed by atoms with Gasteiger partial charge in [0.15, 0.2) is 17.3 Å². The van der Waals surface area contributed by atoms with Crippen molar-refractivity contribution in [2.45, 2.75) is 75.7 Å². The van der Waals surface area contributed by atoms with Crippen molar-refractivity contribution < 1.29 is 14.4 Å². The molecule has 0 atom stereocenters.